The van der Waals surface area contributed by atoms with Gasteiger partial charge in [0.15, 0.2) is 0 Å². The van der Waals surface area contributed by atoms with Crippen LogP contribution in [-0.2, 0) is 9.59 Å². The molecule has 0 aromatic carbocycles. The predicted octanol–water partition coefficient (Wildman–Crippen LogP) is 0.0172. The molecule has 7 nitrogen and oxygen atoms in total. The lowest BCUT2D eigenvalue weighted by molar-refractivity contribution is -0.137. The molecule has 7 heteroatoms. The van der Waals surface area contributed by atoms with Gasteiger partial charge in [0.1, 0.15) is 5.54 Å². The molecular formula is C12H21N3O4. The summed E-state index contributed by atoms with van der Waals surface area (Å²) in [7, 11) is 0. The highest BCUT2D eigenvalue weighted by Gasteiger charge is 2.40. The second kappa shape index (κ2) is 5.90. The SMILES string of the molecule is CC(CNC(=O)N1CCNC(=O)C1(C)C)CC(=O)O. The molecule has 3 N–H and O–H groups in total. The van der Waals surface area contributed by atoms with Gasteiger partial charge in [-0.05, 0) is 19.8 Å². The van der Waals surface area contributed by atoms with Crippen molar-refractivity contribution < 1.29 is 19.5 Å². The van der Waals surface area contributed by atoms with Crippen molar-refractivity contribution >= 4 is 17.9 Å². The molecule has 1 aliphatic heterocycles. The van der Waals surface area contributed by atoms with E-state index in [9.17, 15) is 14.4 Å². The van der Waals surface area contributed by atoms with Crippen LogP contribution in [-0.4, -0.2) is 53.1 Å². The molecule has 0 bridgehead atoms. The van der Waals surface area contributed by atoms with Crippen molar-refractivity contribution in [3.8, 4) is 0 Å². The maximum absolute atomic E-state index is 12.0. The Labute approximate surface area is 112 Å². The second-order valence-corrected chi connectivity index (χ2v) is 5.36. The first-order chi connectivity index (χ1) is 8.75. The van der Waals surface area contributed by atoms with Gasteiger partial charge in [0.25, 0.3) is 0 Å². The summed E-state index contributed by atoms with van der Waals surface area (Å²) in [5.74, 6) is -1.23. The maximum atomic E-state index is 12.0. The summed E-state index contributed by atoms with van der Waals surface area (Å²) < 4.78 is 0. The third kappa shape index (κ3) is 3.84. The molecule has 0 aliphatic carbocycles. The van der Waals surface area contributed by atoms with Crippen molar-refractivity contribution in [2.24, 2.45) is 5.92 Å². The Morgan fingerprint density at radius 1 is 1.53 bits per heavy atom. The third-order valence-electron chi connectivity index (χ3n) is 3.22. The van der Waals surface area contributed by atoms with Crippen molar-refractivity contribution in [1.82, 2.24) is 15.5 Å². The molecule has 108 valence electrons. The molecule has 1 saturated heterocycles. The highest BCUT2D eigenvalue weighted by atomic mass is 16.4. The standard InChI is InChI=1S/C12H21N3O4/c1-8(6-9(16)17)7-14-11(19)15-5-4-13-10(18)12(15,2)3/h8H,4-7H2,1-3H3,(H,13,18)(H,14,19)(H,16,17). The van der Waals surface area contributed by atoms with Crippen molar-refractivity contribution in [3.63, 3.8) is 0 Å². The number of carboxylic acids is 1. The van der Waals surface area contributed by atoms with Gasteiger partial charge in [-0.15, -0.1) is 0 Å². The van der Waals surface area contributed by atoms with E-state index in [1.54, 1.807) is 20.8 Å². The number of carboxylic acid groups (broad SMARTS) is 1. The van der Waals surface area contributed by atoms with Crippen LogP contribution in [0.5, 0.6) is 0 Å². The van der Waals surface area contributed by atoms with Crippen molar-refractivity contribution in [1.29, 1.82) is 0 Å². The first-order valence-electron chi connectivity index (χ1n) is 6.30. The largest absolute Gasteiger partial charge is 0.481 e. The van der Waals surface area contributed by atoms with Gasteiger partial charge in [-0.1, -0.05) is 6.92 Å². The molecule has 1 atom stereocenters. The molecule has 1 fully saturated rings. The molecule has 1 unspecified atom stereocenters. The Morgan fingerprint density at radius 3 is 2.74 bits per heavy atom. The van der Waals surface area contributed by atoms with E-state index < -0.39 is 11.5 Å². The van der Waals surface area contributed by atoms with Gasteiger partial charge in [0.05, 0.1) is 0 Å². The van der Waals surface area contributed by atoms with Gasteiger partial charge in [0, 0.05) is 26.1 Å². The van der Waals surface area contributed by atoms with Crippen LogP contribution in [0.1, 0.15) is 27.2 Å². The van der Waals surface area contributed by atoms with Crippen molar-refractivity contribution in [3.05, 3.63) is 0 Å². The zero-order valence-electron chi connectivity index (χ0n) is 11.5. The normalized spacial score (nSPS) is 19.5. The topological polar surface area (TPSA) is 98.7 Å². The van der Waals surface area contributed by atoms with E-state index >= 15 is 0 Å². The number of hydrogen-bond donors (Lipinski definition) is 3. The summed E-state index contributed by atoms with van der Waals surface area (Å²) in [6.07, 6.45) is 0.00413. The zero-order valence-corrected chi connectivity index (χ0v) is 11.5. The number of rotatable bonds is 4. The Morgan fingerprint density at radius 2 is 2.16 bits per heavy atom. The van der Waals surface area contributed by atoms with Crippen LogP contribution >= 0.6 is 0 Å². The van der Waals surface area contributed by atoms with E-state index in [1.165, 1.54) is 4.90 Å². The lowest BCUT2D eigenvalue weighted by Crippen LogP contribution is -2.65. The van der Waals surface area contributed by atoms with Crippen LogP contribution in [0, 0.1) is 5.92 Å². The van der Waals surface area contributed by atoms with E-state index in [4.69, 9.17) is 5.11 Å². The first-order valence-corrected chi connectivity index (χ1v) is 6.30. The van der Waals surface area contributed by atoms with E-state index in [-0.39, 0.29) is 30.8 Å². The van der Waals surface area contributed by atoms with Gasteiger partial charge >= 0.3 is 12.0 Å². The Balaban J connectivity index is 2.53. The average molecular weight is 271 g/mol. The first kappa shape index (κ1) is 15.3. The molecule has 0 aromatic rings. The second-order valence-electron chi connectivity index (χ2n) is 5.36. The number of nitrogens with zero attached hydrogens (tertiary/aromatic N) is 1. The minimum absolute atomic E-state index is 0.00413. The van der Waals surface area contributed by atoms with Gasteiger partial charge < -0.3 is 20.6 Å². The van der Waals surface area contributed by atoms with E-state index in [2.05, 4.69) is 10.6 Å². The number of urea groups is 1. The van der Waals surface area contributed by atoms with Crippen LogP contribution < -0.4 is 10.6 Å². The number of carbonyl (C=O) groups excluding carboxylic acids is 2. The summed E-state index contributed by atoms with van der Waals surface area (Å²) in [6, 6.07) is -0.336. The minimum atomic E-state index is -0.891. The number of piperazine rings is 1. The fraction of sp³-hybridized carbons (Fsp3) is 0.750. The van der Waals surface area contributed by atoms with E-state index in [0.29, 0.717) is 13.1 Å². The van der Waals surface area contributed by atoms with Crippen molar-refractivity contribution in [2.75, 3.05) is 19.6 Å². The number of hydrogen-bond acceptors (Lipinski definition) is 3. The summed E-state index contributed by atoms with van der Waals surface area (Å²) >= 11 is 0. The van der Waals surface area contributed by atoms with Crippen LogP contribution in [0.2, 0.25) is 0 Å². The minimum Gasteiger partial charge on any atom is -0.481 e. The smallest absolute Gasteiger partial charge is 0.318 e. The van der Waals surface area contributed by atoms with Gasteiger partial charge in [-0.3, -0.25) is 9.59 Å². The number of carbonyl (C=O) groups is 3. The molecule has 3 amide bonds. The molecule has 1 heterocycles. The maximum Gasteiger partial charge on any atom is 0.318 e. The third-order valence-corrected chi connectivity index (χ3v) is 3.22. The molecule has 1 rings (SSSR count). The average Bonchev–Trinajstić information content (AvgIpc) is 2.28. The predicted molar refractivity (Wildman–Crippen MR) is 68.6 cm³/mol. The quantitative estimate of drug-likeness (QED) is 0.671. The Bertz CT molecular complexity index is 381. The summed E-state index contributed by atoms with van der Waals surface area (Å²) in [6.45, 7) is 6.27. The van der Waals surface area contributed by atoms with E-state index in [0.717, 1.165) is 0 Å². The van der Waals surface area contributed by atoms with Crippen LogP contribution in [0.15, 0.2) is 0 Å². The van der Waals surface area contributed by atoms with Gasteiger partial charge in [0.2, 0.25) is 5.91 Å². The molecule has 19 heavy (non-hydrogen) atoms. The van der Waals surface area contributed by atoms with Crippen molar-refractivity contribution in [2.45, 2.75) is 32.7 Å². The van der Waals surface area contributed by atoms with Gasteiger partial charge in [-0.2, -0.15) is 0 Å². The monoisotopic (exact) mass is 271 g/mol. The molecule has 0 saturated carbocycles. The fourth-order valence-electron chi connectivity index (χ4n) is 1.98. The highest BCUT2D eigenvalue weighted by molar-refractivity contribution is 5.91. The highest BCUT2D eigenvalue weighted by Crippen LogP contribution is 2.17. The van der Waals surface area contributed by atoms with Gasteiger partial charge in [-0.25, -0.2) is 4.79 Å². The summed E-state index contributed by atoms with van der Waals surface area (Å²) in [4.78, 5) is 35.7. The number of aliphatic carboxylic acids is 1. The molecule has 1 aliphatic rings. The van der Waals surface area contributed by atoms with Crippen LogP contribution in [0.4, 0.5) is 4.79 Å². The fourth-order valence-corrected chi connectivity index (χ4v) is 1.98. The molecular weight excluding hydrogens is 250 g/mol. The molecule has 0 aromatic heterocycles. The summed E-state index contributed by atoms with van der Waals surface area (Å²) in [5.41, 5.74) is -0.891. The number of nitrogens with one attached hydrogen (secondary N) is 2. The Kier molecular flexibility index (Phi) is 4.74. The lowest BCUT2D eigenvalue weighted by atomic mass is 9.99. The molecule has 0 spiro atoms. The molecule has 0 radical (unpaired) electrons. The zero-order chi connectivity index (χ0) is 14.6. The van der Waals surface area contributed by atoms with E-state index in [1.807, 2.05) is 0 Å². The van der Waals surface area contributed by atoms with Crippen LogP contribution in [0.3, 0.4) is 0 Å². The number of amides is 3. The Hall–Kier alpha value is -1.79. The lowest BCUT2D eigenvalue weighted by Gasteiger charge is -2.41. The van der Waals surface area contributed by atoms with Crippen LogP contribution in [0.25, 0.3) is 0 Å². The summed E-state index contributed by atoms with van der Waals surface area (Å²) in [5, 5.41) is 14.0.